The zero-order valence-corrected chi connectivity index (χ0v) is 12.5. The second kappa shape index (κ2) is 7.81. The molecule has 2 N–H and O–H groups in total. The van der Waals surface area contributed by atoms with Crippen LogP contribution in [0.2, 0.25) is 5.02 Å². The van der Waals surface area contributed by atoms with Crippen molar-refractivity contribution < 1.29 is 0 Å². The molecule has 0 saturated carbocycles. The maximum absolute atomic E-state index is 6.39. The number of halogens is 1. The summed E-state index contributed by atoms with van der Waals surface area (Å²) < 4.78 is 0. The Bertz CT molecular complexity index is 329. The van der Waals surface area contributed by atoms with Gasteiger partial charge in [-0.3, -0.25) is 0 Å². The highest BCUT2D eigenvalue weighted by molar-refractivity contribution is 6.30. The maximum atomic E-state index is 6.39. The average Bonchev–Trinajstić information content (AvgIpc) is 2.34. The third-order valence-electron chi connectivity index (χ3n) is 3.55. The quantitative estimate of drug-likeness (QED) is 0.639. The van der Waals surface area contributed by atoms with Gasteiger partial charge in [0.2, 0.25) is 0 Å². The first-order chi connectivity index (χ1) is 8.56. The van der Waals surface area contributed by atoms with E-state index >= 15 is 0 Å². The molecule has 0 spiro atoms. The van der Waals surface area contributed by atoms with Gasteiger partial charge in [-0.2, -0.15) is 0 Å². The highest BCUT2D eigenvalue weighted by Gasteiger charge is 2.20. The van der Waals surface area contributed by atoms with Crippen molar-refractivity contribution in [3.63, 3.8) is 0 Å². The largest absolute Gasteiger partial charge is 0.322 e. The van der Waals surface area contributed by atoms with E-state index in [2.05, 4.69) is 13.8 Å². The molecule has 0 amide bonds. The molecule has 0 aromatic heterocycles. The Hall–Kier alpha value is -0.530. The van der Waals surface area contributed by atoms with Crippen molar-refractivity contribution in [1.29, 1.82) is 0 Å². The molecular formula is C16H26ClN. The summed E-state index contributed by atoms with van der Waals surface area (Å²) in [6.07, 6.45) is 8.90. The lowest BCUT2D eigenvalue weighted by atomic mass is 9.87. The first-order valence-electron chi connectivity index (χ1n) is 7.11. The molecule has 1 nitrogen and oxygen atoms in total. The van der Waals surface area contributed by atoms with E-state index in [4.69, 9.17) is 17.3 Å². The van der Waals surface area contributed by atoms with Crippen molar-refractivity contribution in [3.8, 4) is 0 Å². The summed E-state index contributed by atoms with van der Waals surface area (Å²) in [6.45, 7) is 4.36. The fourth-order valence-electron chi connectivity index (χ4n) is 2.25. The third-order valence-corrected chi connectivity index (χ3v) is 3.81. The Morgan fingerprint density at radius 1 is 1.00 bits per heavy atom. The minimum Gasteiger partial charge on any atom is -0.322 e. The predicted molar refractivity (Wildman–Crippen MR) is 81.0 cm³/mol. The van der Waals surface area contributed by atoms with Crippen LogP contribution in [0.5, 0.6) is 0 Å². The molecule has 102 valence electrons. The van der Waals surface area contributed by atoms with Crippen LogP contribution in [0.1, 0.15) is 64.4 Å². The number of benzene rings is 1. The lowest BCUT2D eigenvalue weighted by molar-refractivity contribution is 0.421. The van der Waals surface area contributed by atoms with Crippen LogP contribution >= 0.6 is 11.6 Å². The van der Waals surface area contributed by atoms with Gasteiger partial charge in [-0.05, 0) is 31.0 Å². The van der Waals surface area contributed by atoms with E-state index in [-0.39, 0.29) is 5.54 Å². The highest BCUT2D eigenvalue weighted by Crippen LogP contribution is 2.25. The van der Waals surface area contributed by atoms with Crippen LogP contribution in [-0.4, -0.2) is 0 Å². The zero-order chi connectivity index (χ0) is 13.4. The molecule has 0 aliphatic heterocycles. The van der Waals surface area contributed by atoms with Crippen molar-refractivity contribution in [1.82, 2.24) is 0 Å². The Labute approximate surface area is 117 Å². The summed E-state index contributed by atoms with van der Waals surface area (Å²) in [5.41, 5.74) is 7.34. The monoisotopic (exact) mass is 267 g/mol. The van der Waals surface area contributed by atoms with Gasteiger partial charge in [0.05, 0.1) is 0 Å². The molecule has 0 saturated heterocycles. The highest BCUT2D eigenvalue weighted by atomic mass is 35.5. The van der Waals surface area contributed by atoms with Crippen LogP contribution in [0.3, 0.4) is 0 Å². The molecule has 0 fully saturated rings. The number of nitrogens with two attached hydrogens (primary N) is 1. The lowest BCUT2D eigenvalue weighted by Crippen LogP contribution is -2.32. The molecule has 18 heavy (non-hydrogen) atoms. The molecule has 1 aromatic rings. The van der Waals surface area contributed by atoms with Crippen LogP contribution in [-0.2, 0) is 5.54 Å². The number of rotatable bonds is 8. The van der Waals surface area contributed by atoms with Crippen LogP contribution in [0.15, 0.2) is 24.3 Å². The summed E-state index contributed by atoms with van der Waals surface area (Å²) >= 11 is 5.90. The summed E-state index contributed by atoms with van der Waals surface area (Å²) in [7, 11) is 0. The van der Waals surface area contributed by atoms with E-state index in [0.29, 0.717) is 0 Å². The SMILES string of the molecule is CCCCCCCCC(C)(N)c1ccc(Cl)cc1. The number of hydrogen-bond donors (Lipinski definition) is 1. The van der Waals surface area contributed by atoms with Crippen molar-refractivity contribution in [3.05, 3.63) is 34.9 Å². The Balaban J connectivity index is 2.33. The lowest BCUT2D eigenvalue weighted by Gasteiger charge is -2.25. The summed E-state index contributed by atoms with van der Waals surface area (Å²) in [5, 5.41) is 0.772. The molecule has 0 bridgehead atoms. The standard InChI is InChI=1S/C16H26ClN/c1-3-4-5-6-7-8-13-16(2,18)14-9-11-15(17)12-10-14/h9-12H,3-8,13,18H2,1-2H3. The van der Waals surface area contributed by atoms with E-state index in [0.717, 1.165) is 11.4 Å². The molecule has 1 atom stereocenters. The van der Waals surface area contributed by atoms with E-state index < -0.39 is 0 Å². The van der Waals surface area contributed by atoms with E-state index in [1.807, 2.05) is 24.3 Å². The summed E-state index contributed by atoms with van der Waals surface area (Å²) in [6, 6.07) is 7.92. The van der Waals surface area contributed by atoms with Gasteiger partial charge < -0.3 is 5.73 Å². The minimum absolute atomic E-state index is 0.227. The second-order valence-corrected chi connectivity index (χ2v) is 5.88. The fourth-order valence-corrected chi connectivity index (χ4v) is 2.37. The van der Waals surface area contributed by atoms with Crippen LogP contribution in [0.4, 0.5) is 0 Å². The molecule has 0 aliphatic rings. The van der Waals surface area contributed by atoms with Gasteiger partial charge in [-0.15, -0.1) is 0 Å². The predicted octanol–water partition coefficient (Wildman–Crippen LogP) is 5.26. The fraction of sp³-hybridized carbons (Fsp3) is 0.625. The van der Waals surface area contributed by atoms with Crippen LogP contribution < -0.4 is 5.73 Å². The first-order valence-corrected chi connectivity index (χ1v) is 7.49. The third kappa shape index (κ3) is 5.41. The average molecular weight is 268 g/mol. The molecule has 0 radical (unpaired) electrons. The van der Waals surface area contributed by atoms with E-state index in [9.17, 15) is 0 Å². The van der Waals surface area contributed by atoms with Gasteiger partial charge in [0.25, 0.3) is 0 Å². The number of hydrogen-bond acceptors (Lipinski definition) is 1. The maximum Gasteiger partial charge on any atom is 0.0406 e. The topological polar surface area (TPSA) is 26.0 Å². The van der Waals surface area contributed by atoms with Gasteiger partial charge in [-0.1, -0.05) is 69.2 Å². The molecular weight excluding hydrogens is 242 g/mol. The zero-order valence-electron chi connectivity index (χ0n) is 11.7. The first kappa shape index (κ1) is 15.5. The van der Waals surface area contributed by atoms with Crippen molar-refractivity contribution in [2.45, 2.75) is 64.3 Å². The van der Waals surface area contributed by atoms with E-state index in [1.165, 1.54) is 44.1 Å². The van der Waals surface area contributed by atoms with E-state index in [1.54, 1.807) is 0 Å². The smallest absolute Gasteiger partial charge is 0.0406 e. The second-order valence-electron chi connectivity index (χ2n) is 5.44. The van der Waals surface area contributed by atoms with Gasteiger partial charge in [0.1, 0.15) is 0 Å². The summed E-state index contributed by atoms with van der Waals surface area (Å²) in [4.78, 5) is 0. The normalized spacial score (nSPS) is 14.4. The van der Waals surface area contributed by atoms with Crippen molar-refractivity contribution >= 4 is 11.6 Å². The number of unbranched alkanes of at least 4 members (excludes halogenated alkanes) is 5. The molecule has 2 heteroatoms. The van der Waals surface area contributed by atoms with Crippen molar-refractivity contribution in [2.75, 3.05) is 0 Å². The molecule has 1 unspecified atom stereocenters. The molecule has 0 aliphatic carbocycles. The van der Waals surface area contributed by atoms with Crippen LogP contribution in [0, 0.1) is 0 Å². The molecule has 0 heterocycles. The van der Waals surface area contributed by atoms with Gasteiger partial charge in [0, 0.05) is 10.6 Å². The Morgan fingerprint density at radius 2 is 1.56 bits per heavy atom. The Kier molecular flexibility index (Phi) is 6.73. The summed E-state index contributed by atoms with van der Waals surface area (Å²) in [5.74, 6) is 0. The van der Waals surface area contributed by atoms with Gasteiger partial charge >= 0.3 is 0 Å². The van der Waals surface area contributed by atoms with Crippen LogP contribution in [0.25, 0.3) is 0 Å². The minimum atomic E-state index is -0.227. The molecule has 1 aromatic carbocycles. The van der Waals surface area contributed by atoms with Crippen molar-refractivity contribution in [2.24, 2.45) is 5.73 Å². The Morgan fingerprint density at radius 3 is 2.17 bits per heavy atom. The molecule has 1 rings (SSSR count). The van der Waals surface area contributed by atoms with Gasteiger partial charge in [-0.25, -0.2) is 0 Å². The van der Waals surface area contributed by atoms with Gasteiger partial charge in [0.15, 0.2) is 0 Å².